The van der Waals surface area contributed by atoms with Crippen LogP contribution in [0.2, 0.25) is 0 Å². The molecule has 0 aliphatic heterocycles. The molecule has 0 fully saturated rings. The Morgan fingerprint density at radius 3 is 2.65 bits per heavy atom. The average Bonchev–Trinajstić information content (AvgIpc) is 2.73. The van der Waals surface area contributed by atoms with Gasteiger partial charge in [0.15, 0.2) is 11.5 Å². The maximum absolute atomic E-state index is 12.0. The number of nitrogens with zero attached hydrogens (tertiary/aromatic N) is 1. The molecule has 0 heterocycles. The number of hydrogen-bond donors (Lipinski definition) is 2. The van der Waals surface area contributed by atoms with Crippen molar-refractivity contribution in [3.8, 4) is 17.2 Å². The van der Waals surface area contributed by atoms with Gasteiger partial charge in [0, 0.05) is 11.8 Å². The zero-order chi connectivity index (χ0) is 22.6. The van der Waals surface area contributed by atoms with Crippen LogP contribution in [0.1, 0.15) is 32.3 Å². The summed E-state index contributed by atoms with van der Waals surface area (Å²) in [6.45, 7) is 5.03. The number of carbonyl (C=O) groups is 2. The van der Waals surface area contributed by atoms with Crippen LogP contribution >= 0.6 is 22.6 Å². The number of methoxy groups -OCH3 is 1. The molecule has 2 aromatic rings. The number of ether oxygens (including phenoxy) is 3. The Bertz CT molecular complexity index is 933. The molecule has 0 spiro atoms. The highest BCUT2D eigenvalue weighted by Gasteiger charge is 2.12. The van der Waals surface area contributed by atoms with E-state index < -0.39 is 11.8 Å². The Morgan fingerprint density at radius 1 is 1.13 bits per heavy atom. The van der Waals surface area contributed by atoms with Gasteiger partial charge in [0.2, 0.25) is 11.8 Å². The van der Waals surface area contributed by atoms with Gasteiger partial charge in [0.1, 0.15) is 12.2 Å². The number of anilines is 1. The van der Waals surface area contributed by atoms with E-state index in [2.05, 4.69) is 38.4 Å². The monoisotopic (exact) mass is 539 g/mol. The summed E-state index contributed by atoms with van der Waals surface area (Å²) in [4.78, 5) is 24.1. The lowest BCUT2D eigenvalue weighted by Gasteiger charge is -2.14. The van der Waals surface area contributed by atoms with E-state index in [9.17, 15) is 9.59 Å². The van der Waals surface area contributed by atoms with E-state index in [1.165, 1.54) is 13.3 Å². The largest absolute Gasteiger partial charge is 0.497 e. The number of halogens is 1. The summed E-state index contributed by atoms with van der Waals surface area (Å²) < 4.78 is 17.4. The van der Waals surface area contributed by atoms with Crippen molar-refractivity contribution in [1.82, 2.24) is 5.43 Å². The molecule has 2 rings (SSSR count). The van der Waals surface area contributed by atoms with Crippen LogP contribution in [0.3, 0.4) is 0 Å². The second kappa shape index (κ2) is 12.8. The number of hydrogen-bond acceptors (Lipinski definition) is 6. The van der Waals surface area contributed by atoms with Gasteiger partial charge in [0.05, 0.1) is 30.1 Å². The van der Waals surface area contributed by atoms with Gasteiger partial charge in [-0.25, -0.2) is 5.43 Å². The molecule has 2 aromatic carbocycles. The quantitative estimate of drug-likeness (QED) is 0.195. The molecule has 0 aliphatic rings. The number of carbonyl (C=O) groups excluding carboxylic acids is 2. The van der Waals surface area contributed by atoms with E-state index in [1.807, 2.05) is 19.9 Å². The second-order valence-corrected chi connectivity index (χ2v) is 7.52. The fourth-order valence-corrected chi connectivity index (χ4v) is 3.32. The first-order valence-corrected chi connectivity index (χ1v) is 10.9. The molecule has 0 bridgehead atoms. The van der Waals surface area contributed by atoms with Gasteiger partial charge in [0.25, 0.3) is 0 Å². The minimum absolute atomic E-state index is 0.361. The third-order valence-corrected chi connectivity index (χ3v) is 4.66. The fourth-order valence-electron chi connectivity index (χ4n) is 2.54. The molecule has 0 atom stereocenters. The van der Waals surface area contributed by atoms with Gasteiger partial charge in [-0.2, -0.15) is 5.10 Å². The highest BCUT2D eigenvalue weighted by atomic mass is 127. The molecule has 2 amide bonds. The predicted octanol–water partition coefficient (Wildman–Crippen LogP) is 3.97. The van der Waals surface area contributed by atoms with Crippen molar-refractivity contribution in [2.24, 2.45) is 5.10 Å². The van der Waals surface area contributed by atoms with Crippen molar-refractivity contribution < 1.29 is 23.8 Å². The molecule has 2 N–H and O–H groups in total. The van der Waals surface area contributed by atoms with E-state index in [-0.39, 0.29) is 6.42 Å². The molecule has 0 saturated heterocycles. The fraction of sp³-hybridized carbons (Fsp3) is 0.318. The lowest BCUT2D eigenvalue weighted by molar-refractivity contribution is -0.126. The van der Waals surface area contributed by atoms with Crippen molar-refractivity contribution in [2.45, 2.75) is 26.7 Å². The molecule has 0 radical (unpaired) electrons. The summed E-state index contributed by atoms with van der Waals surface area (Å²) in [5, 5.41) is 6.58. The summed E-state index contributed by atoms with van der Waals surface area (Å²) >= 11 is 2.17. The molecule has 166 valence electrons. The minimum atomic E-state index is -0.528. The lowest BCUT2D eigenvalue weighted by atomic mass is 10.2. The third-order valence-electron chi connectivity index (χ3n) is 3.86. The minimum Gasteiger partial charge on any atom is -0.497 e. The van der Waals surface area contributed by atoms with Crippen LogP contribution in [-0.2, 0) is 9.59 Å². The molecular formula is C22H26IN3O5. The average molecular weight is 539 g/mol. The molecule has 8 nitrogen and oxygen atoms in total. The van der Waals surface area contributed by atoms with Crippen molar-refractivity contribution in [2.75, 3.05) is 25.6 Å². The van der Waals surface area contributed by atoms with Crippen LogP contribution < -0.4 is 25.0 Å². The normalized spacial score (nSPS) is 10.6. The van der Waals surface area contributed by atoms with Gasteiger partial charge in [-0.1, -0.05) is 13.0 Å². The first-order chi connectivity index (χ1) is 15.0. The van der Waals surface area contributed by atoms with Crippen molar-refractivity contribution in [1.29, 1.82) is 0 Å². The van der Waals surface area contributed by atoms with E-state index in [0.717, 1.165) is 15.6 Å². The van der Waals surface area contributed by atoms with Crippen LogP contribution in [0.4, 0.5) is 5.69 Å². The van der Waals surface area contributed by atoms with E-state index in [4.69, 9.17) is 14.2 Å². The van der Waals surface area contributed by atoms with E-state index in [0.29, 0.717) is 36.1 Å². The molecule has 0 unspecified atom stereocenters. The van der Waals surface area contributed by atoms with Crippen molar-refractivity contribution in [3.63, 3.8) is 0 Å². The number of benzene rings is 2. The number of hydrazone groups is 1. The van der Waals surface area contributed by atoms with Gasteiger partial charge in [-0.05, 0) is 65.8 Å². The molecule has 31 heavy (non-hydrogen) atoms. The van der Waals surface area contributed by atoms with Crippen LogP contribution in [0.25, 0.3) is 0 Å². The Hall–Kier alpha value is -2.82. The van der Waals surface area contributed by atoms with Gasteiger partial charge >= 0.3 is 0 Å². The SMILES string of the molecule is CCCOc1c(I)cc(C=NNC(=O)CC(=O)Nc2cccc(OC)c2)cc1OCC. The number of amides is 2. The summed E-state index contributed by atoms with van der Waals surface area (Å²) in [6, 6.07) is 10.6. The van der Waals surface area contributed by atoms with Crippen LogP contribution in [0.15, 0.2) is 41.5 Å². The van der Waals surface area contributed by atoms with Crippen LogP contribution in [0.5, 0.6) is 17.2 Å². The lowest BCUT2D eigenvalue weighted by Crippen LogP contribution is -2.24. The van der Waals surface area contributed by atoms with Crippen LogP contribution in [0, 0.1) is 3.57 Å². The highest BCUT2D eigenvalue weighted by Crippen LogP contribution is 2.34. The predicted molar refractivity (Wildman–Crippen MR) is 128 cm³/mol. The van der Waals surface area contributed by atoms with Crippen molar-refractivity contribution >= 4 is 46.3 Å². The van der Waals surface area contributed by atoms with Crippen molar-refractivity contribution in [3.05, 3.63) is 45.5 Å². The first kappa shape index (κ1) is 24.4. The van der Waals surface area contributed by atoms with Gasteiger partial charge in [-0.15, -0.1) is 0 Å². The Labute approximate surface area is 195 Å². The summed E-state index contributed by atoms with van der Waals surface area (Å²) in [6.07, 6.45) is 2.02. The maximum atomic E-state index is 12.0. The van der Waals surface area contributed by atoms with Crippen LogP contribution in [-0.4, -0.2) is 38.4 Å². The highest BCUT2D eigenvalue weighted by molar-refractivity contribution is 14.1. The summed E-state index contributed by atoms with van der Waals surface area (Å²) in [5.74, 6) is 0.942. The first-order valence-electron chi connectivity index (χ1n) is 9.81. The molecule has 0 aromatic heterocycles. The topological polar surface area (TPSA) is 98.2 Å². The maximum Gasteiger partial charge on any atom is 0.249 e. The number of rotatable bonds is 11. The Kier molecular flexibility index (Phi) is 10.1. The summed E-state index contributed by atoms with van der Waals surface area (Å²) in [5.41, 5.74) is 3.64. The zero-order valence-electron chi connectivity index (χ0n) is 17.7. The Morgan fingerprint density at radius 2 is 1.94 bits per heavy atom. The smallest absolute Gasteiger partial charge is 0.249 e. The third kappa shape index (κ3) is 8.08. The van der Waals surface area contributed by atoms with Gasteiger partial charge < -0.3 is 19.5 Å². The zero-order valence-corrected chi connectivity index (χ0v) is 19.9. The molecule has 0 saturated carbocycles. The molecule has 9 heteroatoms. The second-order valence-electron chi connectivity index (χ2n) is 6.36. The van der Waals surface area contributed by atoms with Gasteiger partial charge in [-0.3, -0.25) is 9.59 Å². The standard InChI is InChI=1S/C22H26IN3O5/c1-4-9-31-22-18(23)10-15(11-19(22)30-5-2)14-24-26-21(28)13-20(27)25-16-7-6-8-17(12-16)29-3/h6-8,10-12,14H,4-5,9,13H2,1-3H3,(H,25,27)(H,26,28). The van der Waals surface area contributed by atoms with E-state index in [1.54, 1.807) is 30.3 Å². The number of nitrogens with one attached hydrogen (secondary N) is 2. The molecule has 0 aliphatic carbocycles. The van der Waals surface area contributed by atoms with E-state index >= 15 is 0 Å². The molecular weight excluding hydrogens is 513 g/mol. The Balaban J connectivity index is 1.94. The summed E-state index contributed by atoms with van der Waals surface area (Å²) in [7, 11) is 1.54.